The molecule has 37 heavy (non-hydrogen) atoms. The van der Waals surface area contributed by atoms with Crippen molar-refractivity contribution in [3.8, 4) is 6.07 Å². The fraction of sp³-hybridized carbons (Fsp3) is 0.400. The van der Waals surface area contributed by atoms with Crippen molar-refractivity contribution in [1.82, 2.24) is 5.32 Å². The van der Waals surface area contributed by atoms with Crippen LogP contribution in [0.1, 0.15) is 40.7 Å². The van der Waals surface area contributed by atoms with E-state index < -0.39 is 52.9 Å². The van der Waals surface area contributed by atoms with Crippen LogP contribution in [0.25, 0.3) is 0 Å². The Kier molecular flexibility index (Phi) is 6.08. The van der Waals surface area contributed by atoms with E-state index in [9.17, 15) is 27.2 Å². The number of carbonyl (C=O) groups excluding carboxylic acids is 2. The van der Waals surface area contributed by atoms with Crippen LogP contribution in [-0.4, -0.2) is 50.1 Å². The molecular weight excluding hydrogens is 496 g/mol. The summed E-state index contributed by atoms with van der Waals surface area (Å²) in [6.45, 7) is 0.740. The molecule has 1 N–H and O–H groups in total. The Hall–Kier alpha value is -3.69. The van der Waals surface area contributed by atoms with Gasteiger partial charge in [-0.05, 0) is 42.8 Å². The first-order chi connectivity index (χ1) is 17.6. The molecule has 2 aliphatic heterocycles. The number of hydrogen-bond acceptors (Lipinski definition) is 5. The number of fused-ring (bicyclic) bond motifs is 1. The Morgan fingerprint density at radius 3 is 2.38 bits per heavy atom. The second-order valence-corrected chi connectivity index (χ2v) is 9.09. The predicted molar refractivity (Wildman–Crippen MR) is 122 cm³/mol. The number of amides is 3. The van der Waals surface area contributed by atoms with Crippen molar-refractivity contribution in [2.45, 2.75) is 43.3 Å². The highest BCUT2D eigenvalue weighted by Crippen LogP contribution is 2.46. The molecule has 0 radical (unpaired) electrons. The molecule has 0 aromatic heterocycles. The maximum atomic E-state index is 14.9. The summed E-state index contributed by atoms with van der Waals surface area (Å²) in [6.07, 6.45) is -3.81. The average Bonchev–Trinajstić information content (AvgIpc) is 3.43. The first-order valence-corrected chi connectivity index (χ1v) is 11.6. The van der Waals surface area contributed by atoms with Gasteiger partial charge in [-0.2, -0.15) is 18.4 Å². The normalized spacial score (nSPS) is 22.8. The average molecular weight is 518 g/mol. The molecule has 1 aliphatic carbocycles. The van der Waals surface area contributed by atoms with Gasteiger partial charge in [0.2, 0.25) is 0 Å². The van der Waals surface area contributed by atoms with Gasteiger partial charge in [0, 0.05) is 31.3 Å². The molecule has 2 aromatic carbocycles. The van der Waals surface area contributed by atoms with Crippen LogP contribution in [0.15, 0.2) is 36.4 Å². The minimum Gasteiger partial charge on any atom is -0.355 e. The van der Waals surface area contributed by atoms with Crippen LogP contribution < -0.4 is 15.1 Å². The molecule has 1 saturated carbocycles. The van der Waals surface area contributed by atoms with Gasteiger partial charge in [0.05, 0.1) is 48.1 Å². The summed E-state index contributed by atoms with van der Waals surface area (Å²) < 4.78 is 67.6. The van der Waals surface area contributed by atoms with Gasteiger partial charge >= 0.3 is 12.2 Å². The molecule has 5 rings (SSSR count). The molecule has 1 spiro atoms. The second kappa shape index (κ2) is 9.00. The Morgan fingerprint density at radius 2 is 1.76 bits per heavy atom. The third-order valence-electron chi connectivity index (χ3n) is 7.08. The first kappa shape index (κ1) is 25.0. The topological polar surface area (TPSA) is 94.9 Å². The lowest BCUT2D eigenvalue weighted by molar-refractivity contribution is -0.180. The van der Waals surface area contributed by atoms with Crippen LogP contribution in [0.3, 0.4) is 0 Å². The van der Waals surface area contributed by atoms with Crippen molar-refractivity contribution < 1.29 is 36.6 Å². The number of nitriles is 1. The standard InChI is InChI=1S/C25H22F4N4O4/c1-31-22(34)17-5-4-16(11-19(17)26)33-21-12-24(36-8-9-37-24)7-6-20(21)32(23(33)35)15-3-2-14(13-30)18(10-15)25(27,28)29/h2-5,10-11,20-21H,6-9,12H2,1H3,(H,31,34). The highest BCUT2D eigenvalue weighted by molar-refractivity contribution is 6.08. The molecule has 0 bridgehead atoms. The Labute approximate surface area is 209 Å². The number of alkyl halides is 3. The van der Waals surface area contributed by atoms with E-state index in [4.69, 9.17) is 14.7 Å². The monoisotopic (exact) mass is 518 g/mol. The van der Waals surface area contributed by atoms with Crippen molar-refractivity contribution in [3.05, 3.63) is 58.9 Å². The molecule has 3 aliphatic rings. The van der Waals surface area contributed by atoms with Gasteiger partial charge in [-0.3, -0.25) is 14.6 Å². The zero-order valence-electron chi connectivity index (χ0n) is 19.6. The number of nitrogens with zero attached hydrogens (tertiary/aromatic N) is 3. The maximum Gasteiger partial charge on any atom is 0.417 e. The van der Waals surface area contributed by atoms with Crippen molar-refractivity contribution in [2.24, 2.45) is 0 Å². The minimum atomic E-state index is -4.80. The predicted octanol–water partition coefficient (Wildman–Crippen LogP) is 4.19. The number of rotatable bonds is 3. The van der Waals surface area contributed by atoms with E-state index in [1.54, 1.807) is 0 Å². The molecule has 2 heterocycles. The number of urea groups is 1. The number of benzene rings is 2. The van der Waals surface area contributed by atoms with Crippen LogP contribution in [0.5, 0.6) is 0 Å². The summed E-state index contributed by atoms with van der Waals surface area (Å²) >= 11 is 0. The van der Waals surface area contributed by atoms with Gasteiger partial charge in [0.25, 0.3) is 5.91 Å². The third kappa shape index (κ3) is 4.18. The number of carbonyl (C=O) groups is 2. The van der Waals surface area contributed by atoms with Crippen molar-refractivity contribution in [1.29, 1.82) is 5.26 Å². The summed E-state index contributed by atoms with van der Waals surface area (Å²) in [5, 5.41) is 11.5. The van der Waals surface area contributed by atoms with Gasteiger partial charge in [-0.25, -0.2) is 9.18 Å². The van der Waals surface area contributed by atoms with Crippen molar-refractivity contribution in [2.75, 3.05) is 30.1 Å². The molecule has 2 unspecified atom stereocenters. The zero-order chi connectivity index (χ0) is 26.5. The fourth-order valence-corrected chi connectivity index (χ4v) is 5.43. The summed E-state index contributed by atoms with van der Waals surface area (Å²) in [5.41, 5.74) is -1.80. The van der Waals surface area contributed by atoms with E-state index in [0.29, 0.717) is 26.1 Å². The Bertz CT molecular complexity index is 1300. The molecule has 194 valence electrons. The Balaban J connectivity index is 1.59. The van der Waals surface area contributed by atoms with Gasteiger partial charge in [-0.1, -0.05) is 0 Å². The van der Waals surface area contributed by atoms with Crippen LogP contribution >= 0.6 is 0 Å². The maximum absolute atomic E-state index is 14.9. The fourth-order valence-electron chi connectivity index (χ4n) is 5.43. The molecule has 2 aromatic rings. The zero-order valence-corrected chi connectivity index (χ0v) is 19.6. The minimum absolute atomic E-state index is 0.0273. The van der Waals surface area contributed by atoms with Crippen LogP contribution in [0, 0.1) is 17.1 Å². The number of nitrogens with one attached hydrogen (secondary N) is 1. The van der Waals surface area contributed by atoms with Gasteiger partial charge in [0.15, 0.2) is 5.79 Å². The van der Waals surface area contributed by atoms with Gasteiger partial charge in [0.1, 0.15) is 5.82 Å². The molecule has 8 nitrogen and oxygen atoms in total. The number of halogens is 4. The summed E-state index contributed by atoms with van der Waals surface area (Å²) in [4.78, 5) is 28.3. The van der Waals surface area contributed by atoms with E-state index in [2.05, 4.69) is 5.32 Å². The van der Waals surface area contributed by atoms with Gasteiger partial charge in [-0.15, -0.1) is 0 Å². The smallest absolute Gasteiger partial charge is 0.355 e. The quantitative estimate of drug-likeness (QED) is 0.615. The summed E-state index contributed by atoms with van der Waals surface area (Å²) in [5.74, 6) is -2.44. The van der Waals surface area contributed by atoms with E-state index in [0.717, 1.165) is 18.2 Å². The Morgan fingerprint density at radius 1 is 1.11 bits per heavy atom. The van der Waals surface area contributed by atoms with Crippen LogP contribution in [-0.2, 0) is 15.7 Å². The van der Waals surface area contributed by atoms with Crippen LogP contribution in [0.2, 0.25) is 0 Å². The molecule has 2 atom stereocenters. The lowest BCUT2D eigenvalue weighted by Crippen LogP contribution is -2.50. The highest BCUT2D eigenvalue weighted by atomic mass is 19.4. The van der Waals surface area contributed by atoms with E-state index in [1.807, 2.05) is 0 Å². The van der Waals surface area contributed by atoms with Crippen LogP contribution in [0.4, 0.5) is 33.7 Å². The van der Waals surface area contributed by atoms with Crippen molar-refractivity contribution in [3.63, 3.8) is 0 Å². The number of hydrogen-bond donors (Lipinski definition) is 1. The number of ether oxygens (including phenoxy) is 2. The molecule has 3 amide bonds. The highest BCUT2D eigenvalue weighted by Gasteiger charge is 2.56. The first-order valence-electron chi connectivity index (χ1n) is 11.6. The van der Waals surface area contributed by atoms with Gasteiger partial charge < -0.3 is 14.8 Å². The lowest BCUT2D eigenvalue weighted by atomic mass is 9.85. The molecule has 2 saturated heterocycles. The second-order valence-electron chi connectivity index (χ2n) is 9.09. The molecule has 12 heteroatoms. The lowest BCUT2D eigenvalue weighted by Gasteiger charge is -2.41. The SMILES string of the molecule is CNC(=O)c1ccc(N2C(=O)N(c3ccc(C#N)c(C(F)(F)F)c3)C3CCC4(CC32)OCCO4)cc1F. The third-order valence-corrected chi connectivity index (χ3v) is 7.08. The van der Waals surface area contributed by atoms with E-state index >= 15 is 0 Å². The molecule has 3 fully saturated rings. The summed E-state index contributed by atoms with van der Waals surface area (Å²) in [6, 6.07) is 6.55. The van der Waals surface area contributed by atoms with E-state index in [-0.39, 0.29) is 23.4 Å². The largest absolute Gasteiger partial charge is 0.417 e. The molecular formula is C25H22F4N4O4. The van der Waals surface area contributed by atoms with E-state index in [1.165, 1.54) is 41.1 Å². The summed E-state index contributed by atoms with van der Waals surface area (Å²) in [7, 11) is 1.36. The number of anilines is 2. The van der Waals surface area contributed by atoms with Crippen molar-refractivity contribution >= 4 is 23.3 Å².